The molecule has 2 aromatic rings. The molecule has 0 amide bonds. The highest BCUT2D eigenvalue weighted by molar-refractivity contribution is 5.60. The van der Waals surface area contributed by atoms with Gasteiger partial charge < -0.3 is 14.9 Å². The van der Waals surface area contributed by atoms with Crippen molar-refractivity contribution in [2.75, 3.05) is 0 Å². The Labute approximate surface area is 98.7 Å². The zero-order chi connectivity index (χ0) is 12.5. The van der Waals surface area contributed by atoms with Gasteiger partial charge >= 0.3 is 6.16 Å². The van der Waals surface area contributed by atoms with Crippen molar-refractivity contribution in [1.29, 1.82) is 0 Å². The molecule has 0 heterocycles. The molecule has 0 aliphatic carbocycles. The minimum Gasteiger partial charge on any atom is -0.508 e. The van der Waals surface area contributed by atoms with E-state index in [1.165, 1.54) is 0 Å². The van der Waals surface area contributed by atoms with E-state index in [0.29, 0.717) is 11.5 Å². The summed E-state index contributed by atoms with van der Waals surface area (Å²) < 4.78 is 4.33. The van der Waals surface area contributed by atoms with Crippen molar-refractivity contribution in [1.82, 2.24) is 0 Å². The second-order valence-corrected chi connectivity index (χ2v) is 3.02. The van der Waals surface area contributed by atoms with Crippen LogP contribution in [-0.4, -0.2) is 16.4 Å². The van der Waals surface area contributed by atoms with Crippen LogP contribution in [0.3, 0.4) is 0 Å². The molecule has 4 nitrogen and oxygen atoms in total. The van der Waals surface area contributed by atoms with E-state index in [2.05, 4.69) is 4.74 Å². The van der Waals surface area contributed by atoms with Gasteiger partial charge in [0.05, 0.1) is 0 Å². The number of ether oxygens (including phenoxy) is 1. The zero-order valence-corrected chi connectivity index (χ0v) is 8.98. The largest absolute Gasteiger partial charge is 0.511 e. The van der Waals surface area contributed by atoms with Crippen LogP contribution in [-0.2, 0) is 0 Å². The van der Waals surface area contributed by atoms with Crippen molar-refractivity contribution < 1.29 is 19.7 Å². The van der Waals surface area contributed by atoms with E-state index in [-0.39, 0.29) is 0 Å². The SMILES string of the molecule is O=C(O)Oc1ccccc1.Oc1ccccc1. The minimum absolute atomic E-state index is 0.322. The number of para-hydroxylation sites is 2. The molecule has 0 saturated heterocycles. The lowest BCUT2D eigenvalue weighted by molar-refractivity contribution is 0.144. The molecule has 2 aromatic carbocycles. The first-order valence-electron chi connectivity index (χ1n) is 4.88. The van der Waals surface area contributed by atoms with Crippen LogP contribution in [0.2, 0.25) is 0 Å². The van der Waals surface area contributed by atoms with Crippen molar-refractivity contribution in [2.24, 2.45) is 0 Å². The number of rotatable bonds is 1. The summed E-state index contributed by atoms with van der Waals surface area (Å²) in [5.74, 6) is 0.664. The van der Waals surface area contributed by atoms with Gasteiger partial charge in [0.1, 0.15) is 11.5 Å². The molecule has 0 spiro atoms. The third-order valence-corrected chi connectivity index (χ3v) is 1.70. The number of phenols is 1. The van der Waals surface area contributed by atoms with E-state index < -0.39 is 6.16 Å². The molecular formula is C13H12O4. The summed E-state index contributed by atoms with van der Waals surface area (Å²) in [6, 6.07) is 17.1. The topological polar surface area (TPSA) is 66.8 Å². The zero-order valence-electron chi connectivity index (χ0n) is 8.98. The smallest absolute Gasteiger partial charge is 0.508 e. The molecule has 0 saturated carbocycles. The van der Waals surface area contributed by atoms with Gasteiger partial charge in [-0.15, -0.1) is 0 Å². The lowest BCUT2D eigenvalue weighted by Gasteiger charge is -1.95. The molecule has 17 heavy (non-hydrogen) atoms. The highest BCUT2D eigenvalue weighted by atomic mass is 16.7. The monoisotopic (exact) mass is 232 g/mol. The Bertz CT molecular complexity index is 439. The predicted molar refractivity (Wildman–Crippen MR) is 63.2 cm³/mol. The fourth-order valence-corrected chi connectivity index (χ4v) is 1.02. The van der Waals surface area contributed by atoms with Crippen LogP contribution in [0.15, 0.2) is 60.7 Å². The molecule has 0 unspecified atom stereocenters. The normalized spacial score (nSPS) is 8.71. The molecule has 2 rings (SSSR count). The van der Waals surface area contributed by atoms with Crippen LogP contribution < -0.4 is 4.74 Å². The Hall–Kier alpha value is -2.49. The molecular weight excluding hydrogens is 220 g/mol. The van der Waals surface area contributed by atoms with E-state index >= 15 is 0 Å². The molecule has 0 fully saturated rings. The Morgan fingerprint density at radius 2 is 1.35 bits per heavy atom. The quantitative estimate of drug-likeness (QED) is 0.585. The standard InChI is InChI=1S/C7H6O3.C6H6O/c8-7(9)10-6-4-2-1-3-5-6;7-6-4-2-1-3-5-6/h1-5H,(H,8,9);1-5,7H. The fourth-order valence-electron chi connectivity index (χ4n) is 1.02. The number of benzene rings is 2. The van der Waals surface area contributed by atoms with Gasteiger partial charge in [-0.3, -0.25) is 0 Å². The first-order chi connectivity index (χ1) is 8.18. The number of hydrogen-bond acceptors (Lipinski definition) is 3. The van der Waals surface area contributed by atoms with Crippen LogP contribution in [0.5, 0.6) is 11.5 Å². The van der Waals surface area contributed by atoms with Crippen LogP contribution in [0.4, 0.5) is 4.79 Å². The predicted octanol–water partition coefficient (Wildman–Crippen LogP) is 3.14. The van der Waals surface area contributed by atoms with Crippen LogP contribution in [0.25, 0.3) is 0 Å². The lowest BCUT2D eigenvalue weighted by Crippen LogP contribution is -2.02. The van der Waals surface area contributed by atoms with Gasteiger partial charge in [0, 0.05) is 0 Å². The summed E-state index contributed by atoms with van der Waals surface area (Å²) in [6.07, 6.45) is -1.29. The molecule has 0 aliphatic heterocycles. The lowest BCUT2D eigenvalue weighted by atomic mass is 10.3. The highest BCUT2D eigenvalue weighted by Crippen LogP contribution is 2.07. The molecule has 2 N–H and O–H groups in total. The maximum atomic E-state index is 9.95. The maximum Gasteiger partial charge on any atom is 0.511 e. The number of hydrogen-bond donors (Lipinski definition) is 2. The summed E-state index contributed by atoms with van der Waals surface area (Å²) in [4.78, 5) is 9.95. The average molecular weight is 232 g/mol. The van der Waals surface area contributed by atoms with E-state index in [1.54, 1.807) is 54.6 Å². The molecule has 0 atom stereocenters. The van der Waals surface area contributed by atoms with Gasteiger partial charge in [-0.2, -0.15) is 0 Å². The van der Waals surface area contributed by atoms with E-state index in [9.17, 15) is 4.79 Å². The number of aromatic hydroxyl groups is 1. The fraction of sp³-hybridized carbons (Fsp3) is 0. The average Bonchev–Trinajstić information content (AvgIpc) is 2.31. The second-order valence-electron chi connectivity index (χ2n) is 3.02. The van der Waals surface area contributed by atoms with E-state index in [1.807, 2.05) is 6.07 Å². The second kappa shape index (κ2) is 6.90. The van der Waals surface area contributed by atoms with Gasteiger partial charge in [-0.25, -0.2) is 4.79 Å². The summed E-state index contributed by atoms with van der Waals surface area (Å²) >= 11 is 0. The third kappa shape index (κ3) is 5.84. The first kappa shape index (κ1) is 12.6. The van der Waals surface area contributed by atoms with Gasteiger partial charge in [0.2, 0.25) is 0 Å². The molecule has 0 aliphatic rings. The summed E-state index contributed by atoms with van der Waals surface area (Å²) in [6.45, 7) is 0. The molecule has 4 heteroatoms. The van der Waals surface area contributed by atoms with Crippen LogP contribution in [0, 0.1) is 0 Å². The van der Waals surface area contributed by atoms with Crippen molar-refractivity contribution in [3.05, 3.63) is 60.7 Å². The van der Waals surface area contributed by atoms with Crippen LogP contribution in [0.1, 0.15) is 0 Å². The third-order valence-electron chi connectivity index (χ3n) is 1.70. The van der Waals surface area contributed by atoms with Gasteiger partial charge in [-0.1, -0.05) is 36.4 Å². The number of phenolic OH excluding ortho intramolecular Hbond substituents is 1. The maximum absolute atomic E-state index is 9.95. The van der Waals surface area contributed by atoms with Gasteiger partial charge in [-0.05, 0) is 24.3 Å². The summed E-state index contributed by atoms with van der Waals surface area (Å²) in [7, 11) is 0. The molecule has 0 bridgehead atoms. The Morgan fingerprint density at radius 1 is 0.882 bits per heavy atom. The van der Waals surface area contributed by atoms with E-state index in [4.69, 9.17) is 10.2 Å². The van der Waals surface area contributed by atoms with Crippen molar-refractivity contribution in [2.45, 2.75) is 0 Å². The van der Waals surface area contributed by atoms with Crippen LogP contribution >= 0.6 is 0 Å². The highest BCUT2D eigenvalue weighted by Gasteiger charge is 1.96. The Morgan fingerprint density at radius 3 is 1.71 bits per heavy atom. The molecule has 0 radical (unpaired) electrons. The first-order valence-corrected chi connectivity index (χ1v) is 4.88. The van der Waals surface area contributed by atoms with Gasteiger partial charge in [0.15, 0.2) is 0 Å². The molecule has 88 valence electrons. The summed E-state index contributed by atoms with van der Waals surface area (Å²) in [5, 5.41) is 16.8. The Balaban J connectivity index is 0.000000181. The summed E-state index contributed by atoms with van der Waals surface area (Å²) in [5.41, 5.74) is 0. The van der Waals surface area contributed by atoms with Crippen molar-refractivity contribution in [3.63, 3.8) is 0 Å². The minimum atomic E-state index is -1.29. The number of carboxylic acid groups (broad SMARTS) is 1. The Kier molecular flexibility index (Phi) is 5.10. The van der Waals surface area contributed by atoms with Crippen molar-refractivity contribution in [3.8, 4) is 11.5 Å². The molecule has 0 aromatic heterocycles. The van der Waals surface area contributed by atoms with Crippen molar-refractivity contribution >= 4 is 6.16 Å². The van der Waals surface area contributed by atoms with Gasteiger partial charge in [0.25, 0.3) is 0 Å². The van der Waals surface area contributed by atoms with E-state index in [0.717, 1.165) is 0 Å². The number of carbonyl (C=O) groups is 1.